The lowest BCUT2D eigenvalue weighted by Gasteiger charge is -2.41. The smallest absolute Gasteiger partial charge is 0.341 e. The van der Waals surface area contributed by atoms with Crippen LogP contribution in [0, 0.1) is 12.7 Å². The van der Waals surface area contributed by atoms with Crippen molar-refractivity contribution in [3.05, 3.63) is 68.3 Å². The highest BCUT2D eigenvalue weighted by Gasteiger charge is 2.33. The maximum Gasteiger partial charge on any atom is 0.341 e. The Bertz CT molecular complexity index is 1980. The van der Waals surface area contributed by atoms with E-state index < -0.39 is 45.3 Å². The Morgan fingerprint density at radius 3 is 2.48 bits per heavy atom. The molecule has 0 unspecified atom stereocenters. The lowest BCUT2D eigenvalue weighted by atomic mass is 9.95. The molecule has 2 fully saturated rings. The first-order chi connectivity index (χ1) is 23.8. The first-order valence-electron chi connectivity index (χ1n) is 16.9. The number of carbonyl (C=O) groups excluding carboxylic acids is 2. The summed E-state index contributed by atoms with van der Waals surface area (Å²) in [7, 11) is 2.10. The Morgan fingerprint density at radius 1 is 1.06 bits per heavy atom. The van der Waals surface area contributed by atoms with Crippen LogP contribution in [0.4, 0.5) is 10.1 Å². The molecule has 3 heterocycles. The fraction of sp³-hybridized carbons (Fsp3) is 0.514. The molecule has 6 rings (SSSR count). The standard InChI is InChI=1S/C35H44FN5O8S/c1-21-29(40-17-16-39(4)22(18-40)20-47-5)13-12-25-24-14-15-41(19-28(24)35(44)49-31(21)25)34(43)26-10-11-27(33(42)37-50(45,46)38(2)3)32(30(26)36)48-23-8-6-7-9-23/h10-13,22-23H,6-9,14-20H2,1-5H3,(H,37,42)/t22-/m1/s1. The molecule has 1 saturated carbocycles. The number of piperazine rings is 1. The molecule has 0 radical (unpaired) electrons. The number of amides is 2. The third kappa shape index (κ3) is 6.83. The lowest BCUT2D eigenvalue weighted by Crippen LogP contribution is -2.53. The van der Waals surface area contributed by atoms with Crippen LogP contribution >= 0.6 is 0 Å². The molecule has 1 N–H and O–H groups in total. The van der Waals surface area contributed by atoms with Gasteiger partial charge in [-0.25, -0.2) is 13.9 Å². The highest BCUT2D eigenvalue weighted by atomic mass is 32.2. The molecule has 0 bridgehead atoms. The van der Waals surface area contributed by atoms with Crippen LogP contribution in [0.25, 0.3) is 11.0 Å². The van der Waals surface area contributed by atoms with E-state index in [-0.39, 0.29) is 30.3 Å². The Balaban J connectivity index is 1.28. The summed E-state index contributed by atoms with van der Waals surface area (Å²) >= 11 is 0. The van der Waals surface area contributed by atoms with Gasteiger partial charge in [-0.1, -0.05) is 0 Å². The van der Waals surface area contributed by atoms with Crippen molar-refractivity contribution >= 4 is 38.7 Å². The van der Waals surface area contributed by atoms with Gasteiger partial charge in [-0.3, -0.25) is 14.5 Å². The fourth-order valence-electron chi connectivity index (χ4n) is 7.13. The minimum absolute atomic E-state index is 0.0913. The van der Waals surface area contributed by atoms with Gasteiger partial charge in [-0.15, -0.1) is 0 Å². The van der Waals surface area contributed by atoms with Gasteiger partial charge < -0.3 is 23.7 Å². The van der Waals surface area contributed by atoms with E-state index in [1.54, 1.807) is 7.11 Å². The molecule has 2 amide bonds. The predicted molar refractivity (Wildman–Crippen MR) is 186 cm³/mol. The van der Waals surface area contributed by atoms with Gasteiger partial charge in [0.1, 0.15) is 5.58 Å². The number of methoxy groups -OCH3 is 1. The number of ether oxygens (including phenoxy) is 2. The summed E-state index contributed by atoms with van der Waals surface area (Å²) in [4.78, 5) is 46.3. The molecule has 1 atom stereocenters. The largest absolute Gasteiger partial charge is 0.486 e. The van der Waals surface area contributed by atoms with Crippen LogP contribution in [-0.2, 0) is 27.9 Å². The molecule has 50 heavy (non-hydrogen) atoms. The van der Waals surface area contributed by atoms with Crippen molar-refractivity contribution in [2.75, 3.05) is 65.9 Å². The number of aryl methyl sites for hydroxylation is 1. The number of nitrogens with zero attached hydrogens (tertiary/aromatic N) is 4. The van der Waals surface area contributed by atoms with E-state index in [9.17, 15) is 22.8 Å². The fourth-order valence-corrected chi connectivity index (χ4v) is 7.65. The van der Waals surface area contributed by atoms with E-state index in [4.69, 9.17) is 13.9 Å². The zero-order valence-corrected chi connectivity index (χ0v) is 29.9. The van der Waals surface area contributed by atoms with Gasteiger partial charge >= 0.3 is 15.8 Å². The Kier molecular flexibility index (Phi) is 10.2. The molecule has 15 heteroatoms. The summed E-state index contributed by atoms with van der Waals surface area (Å²) in [6.07, 6.45) is 2.94. The molecule has 0 spiro atoms. The number of likely N-dealkylation sites (N-methyl/N-ethyl adjacent to an activating group) is 1. The minimum Gasteiger partial charge on any atom is -0.486 e. The van der Waals surface area contributed by atoms with E-state index in [1.165, 1.54) is 25.1 Å². The maximum atomic E-state index is 16.2. The first-order valence-corrected chi connectivity index (χ1v) is 18.3. The summed E-state index contributed by atoms with van der Waals surface area (Å²) in [6.45, 7) is 5.14. The van der Waals surface area contributed by atoms with Gasteiger partial charge in [0.25, 0.3) is 11.8 Å². The molecular formula is C35H44FN5O8S. The second kappa shape index (κ2) is 14.3. The Hall–Kier alpha value is -4.05. The molecule has 3 aliphatic rings. The number of carbonyl (C=O) groups is 2. The number of rotatable bonds is 9. The Labute approximate surface area is 291 Å². The monoisotopic (exact) mass is 713 g/mol. The number of hydrogen-bond donors (Lipinski definition) is 1. The summed E-state index contributed by atoms with van der Waals surface area (Å²) in [5.41, 5.74) is 2.25. The number of anilines is 1. The highest BCUT2D eigenvalue weighted by molar-refractivity contribution is 7.87. The average Bonchev–Trinajstić information content (AvgIpc) is 3.60. The van der Waals surface area contributed by atoms with Crippen LogP contribution in [0.2, 0.25) is 0 Å². The van der Waals surface area contributed by atoms with Crippen molar-refractivity contribution in [1.29, 1.82) is 0 Å². The number of nitrogens with one attached hydrogen (secondary N) is 1. The SMILES string of the molecule is COC[C@H]1CN(c2ccc3c4c(c(=O)oc3c2C)CN(C(=O)c2ccc(C(=O)NS(=O)(=O)N(C)C)c(OC3CCCC3)c2F)CC4)CCN1C. The van der Waals surface area contributed by atoms with Crippen LogP contribution in [0.15, 0.2) is 33.5 Å². The number of fused-ring (bicyclic) bond motifs is 3. The van der Waals surface area contributed by atoms with E-state index in [0.29, 0.717) is 37.0 Å². The zero-order chi connectivity index (χ0) is 35.9. The lowest BCUT2D eigenvalue weighted by molar-refractivity contribution is 0.0725. The van der Waals surface area contributed by atoms with Crippen LogP contribution in [0.3, 0.4) is 0 Å². The van der Waals surface area contributed by atoms with Crippen molar-refractivity contribution in [3.8, 4) is 5.75 Å². The topological polar surface area (TPSA) is 142 Å². The number of halogens is 1. The Morgan fingerprint density at radius 2 is 1.78 bits per heavy atom. The molecule has 13 nitrogen and oxygen atoms in total. The van der Waals surface area contributed by atoms with Crippen LogP contribution < -0.4 is 20.0 Å². The van der Waals surface area contributed by atoms with E-state index in [0.717, 1.165) is 65.0 Å². The third-order valence-corrected chi connectivity index (χ3v) is 11.5. The van der Waals surface area contributed by atoms with Gasteiger partial charge in [-0.2, -0.15) is 12.7 Å². The molecule has 270 valence electrons. The van der Waals surface area contributed by atoms with Gasteiger partial charge in [0, 0.05) is 64.0 Å². The van der Waals surface area contributed by atoms with Crippen molar-refractivity contribution < 1.29 is 36.3 Å². The van der Waals surface area contributed by atoms with Crippen molar-refractivity contribution in [1.82, 2.24) is 18.8 Å². The summed E-state index contributed by atoms with van der Waals surface area (Å²) in [5.74, 6) is -3.31. The molecular weight excluding hydrogens is 669 g/mol. The highest BCUT2D eigenvalue weighted by Crippen LogP contribution is 2.35. The van der Waals surface area contributed by atoms with E-state index in [1.807, 2.05) is 23.8 Å². The van der Waals surface area contributed by atoms with Crippen molar-refractivity contribution in [3.63, 3.8) is 0 Å². The molecule has 3 aromatic rings. The minimum atomic E-state index is -4.18. The second-order valence-corrected chi connectivity index (χ2v) is 15.4. The zero-order valence-electron chi connectivity index (χ0n) is 29.1. The third-order valence-electron chi connectivity index (χ3n) is 10.1. The summed E-state index contributed by atoms with van der Waals surface area (Å²) in [5, 5.41) is 0.803. The summed E-state index contributed by atoms with van der Waals surface area (Å²) < 4.78 is 61.0. The van der Waals surface area contributed by atoms with Gasteiger partial charge in [0.05, 0.1) is 42.0 Å². The van der Waals surface area contributed by atoms with E-state index >= 15 is 4.39 Å². The second-order valence-electron chi connectivity index (χ2n) is 13.5. The quantitative estimate of drug-likeness (QED) is 0.329. The van der Waals surface area contributed by atoms with Crippen LogP contribution in [0.5, 0.6) is 5.75 Å². The van der Waals surface area contributed by atoms with Crippen LogP contribution in [-0.4, -0.2) is 108 Å². The average molecular weight is 714 g/mol. The molecule has 1 aliphatic carbocycles. The van der Waals surface area contributed by atoms with Gasteiger partial charge in [0.2, 0.25) is 0 Å². The number of benzene rings is 2. The molecule has 1 aromatic heterocycles. The van der Waals surface area contributed by atoms with Crippen molar-refractivity contribution in [2.24, 2.45) is 0 Å². The normalized spacial score (nSPS) is 18.9. The molecule has 2 aromatic carbocycles. The molecule has 1 saturated heterocycles. The first kappa shape index (κ1) is 35.8. The number of hydrogen-bond acceptors (Lipinski definition) is 10. The molecule has 2 aliphatic heterocycles. The summed E-state index contributed by atoms with van der Waals surface area (Å²) in [6, 6.07) is 6.58. The van der Waals surface area contributed by atoms with Gasteiger partial charge in [-0.05, 0) is 75.9 Å². The predicted octanol–water partition coefficient (Wildman–Crippen LogP) is 3.06. The van der Waals surface area contributed by atoms with Crippen LogP contribution in [0.1, 0.15) is 63.1 Å². The van der Waals surface area contributed by atoms with E-state index in [2.05, 4.69) is 16.8 Å². The van der Waals surface area contributed by atoms with Gasteiger partial charge in [0.15, 0.2) is 11.6 Å². The van der Waals surface area contributed by atoms with Crippen molar-refractivity contribution in [2.45, 2.75) is 57.7 Å². The maximum absolute atomic E-state index is 16.2.